The highest BCUT2D eigenvalue weighted by atomic mass is 15.3. The third kappa shape index (κ3) is 2.10. The first kappa shape index (κ1) is 11.2. The van der Waals surface area contributed by atoms with Gasteiger partial charge in [0, 0.05) is 6.04 Å². The number of nitrogens with one attached hydrogen (secondary N) is 1. The standard InChI is InChI=1S/C13H22N4/c1-10-15-16-13(12-8-4-5-9-14-12)17(10)11-6-2-3-7-11/h11-12,14H,2-9H2,1H3/t12-/m0/s1. The van der Waals surface area contributed by atoms with Crippen LogP contribution in [0.1, 0.15) is 68.7 Å². The zero-order valence-corrected chi connectivity index (χ0v) is 10.7. The molecule has 0 bridgehead atoms. The van der Waals surface area contributed by atoms with Gasteiger partial charge in [-0.15, -0.1) is 10.2 Å². The van der Waals surface area contributed by atoms with Crippen LogP contribution in [0.3, 0.4) is 0 Å². The Morgan fingerprint density at radius 2 is 1.82 bits per heavy atom. The van der Waals surface area contributed by atoms with Crippen molar-refractivity contribution in [2.24, 2.45) is 0 Å². The van der Waals surface area contributed by atoms with Crippen molar-refractivity contribution in [2.75, 3.05) is 6.54 Å². The van der Waals surface area contributed by atoms with E-state index >= 15 is 0 Å². The third-order valence-electron chi connectivity index (χ3n) is 4.20. The normalized spacial score (nSPS) is 26.5. The van der Waals surface area contributed by atoms with Crippen molar-refractivity contribution < 1.29 is 0 Å². The molecule has 1 atom stereocenters. The predicted molar refractivity (Wildman–Crippen MR) is 66.9 cm³/mol. The molecule has 4 nitrogen and oxygen atoms in total. The van der Waals surface area contributed by atoms with Gasteiger partial charge in [-0.05, 0) is 39.2 Å². The summed E-state index contributed by atoms with van der Waals surface area (Å²) in [5, 5.41) is 12.3. The van der Waals surface area contributed by atoms with E-state index in [0.29, 0.717) is 12.1 Å². The first-order valence-electron chi connectivity index (χ1n) is 7.01. The minimum atomic E-state index is 0.436. The summed E-state index contributed by atoms with van der Waals surface area (Å²) in [6, 6.07) is 1.09. The maximum absolute atomic E-state index is 4.43. The number of aromatic nitrogens is 3. The minimum Gasteiger partial charge on any atom is -0.311 e. The molecular formula is C13H22N4. The fourth-order valence-electron chi connectivity index (χ4n) is 3.31. The van der Waals surface area contributed by atoms with Gasteiger partial charge < -0.3 is 9.88 Å². The third-order valence-corrected chi connectivity index (χ3v) is 4.20. The second-order valence-corrected chi connectivity index (χ2v) is 5.42. The molecule has 3 rings (SSSR count). The first-order valence-corrected chi connectivity index (χ1v) is 7.01. The molecular weight excluding hydrogens is 212 g/mol. The van der Waals surface area contributed by atoms with Crippen LogP contribution in [0.25, 0.3) is 0 Å². The quantitative estimate of drug-likeness (QED) is 0.855. The van der Waals surface area contributed by atoms with Crippen molar-refractivity contribution in [3.63, 3.8) is 0 Å². The fourth-order valence-corrected chi connectivity index (χ4v) is 3.31. The summed E-state index contributed by atoms with van der Waals surface area (Å²) in [7, 11) is 0. The van der Waals surface area contributed by atoms with Gasteiger partial charge in [-0.2, -0.15) is 0 Å². The Balaban J connectivity index is 1.87. The van der Waals surface area contributed by atoms with Crippen molar-refractivity contribution in [3.8, 4) is 0 Å². The van der Waals surface area contributed by atoms with Crippen LogP contribution in [0.2, 0.25) is 0 Å². The average Bonchev–Trinajstić information content (AvgIpc) is 2.99. The minimum absolute atomic E-state index is 0.436. The van der Waals surface area contributed by atoms with Gasteiger partial charge in [0.15, 0.2) is 0 Å². The molecule has 0 radical (unpaired) electrons. The molecule has 1 aromatic heterocycles. The van der Waals surface area contributed by atoms with E-state index in [0.717, 1.165) is 12.4 Å². The Labute approximate surface area is 103 Å². The zero-order chi connectivity index (χ0) is 11.7. The molecule has 1 aliphatic heterocycles. The van der Waals surface area contributed by atoms with Gasteiger partial charge >= 0.3 is 0 Å². The Kier molecular flexibility index (Phi) is 3.14. The largest absolute Gasteiger partial charge is 0.311 e. The van der Waals surface area contributed by atoms with Crippen LogP contribution in [-0.2, 0) is 0 Å². The van der Waals surface area contributed by atoms with E-state index in [2.05, 4.69) is 27.0 Å². The summed E-state index contributed by atoms with van der Waals surface area (Å²) in [4.78, 5) is 0. The molecule has 0 unspecified atom stereocenters. The van der Waals surface area contributed by atoms with E-state index < -0.39 is 0 Å². The van der Waals surface area contributed by atoms with Crippen molar-refractivity contribution in [1.82, 2.24) is 20.1 Å². The number of aryl methyl sites for hydroxylation is 1. The summed E-state index contributed by atoms with van der Waals surface area (Å²) in [5.74, 6) is 2.29. The van der Waals surface area contributed by atoms with E-state index in [1.165, 1.54) is 50.8 Å². The summed E-state index contributed by atoms with van der Waals surface area (Å²) in [6.45, 7) is 3.22. The van der Waals surface area contributed by atoms with Crippen LogP contribution in [0, 0.1) is 6.92 Å². The number of hydrogen-bond acceptors (Lipinski definition) is 3. The maximum Gasteiger partial charge on any atom is 0.150 e. The molecule has 1 aliphatic carbocycles. The van der Waals surface area contributed by atoms with Gasteiger partial charge in [-0.3, -0.25) is 0 Å². The molecule has 1 N–H and O–H groups in total. The summed E-state index contributed by atoms with van der Waals surface area (Å²) in [5.41, 5.74) is 0. The Morgan fingerprint density at radius 1 is 1.06 bits per heavy atom. The van der Waals surface area contributed by atoms with Gasteiger partial charge in [0.2, 0.25) is 0 Å². The molecule has 17 heavy (non-hydrogen) atoms. The van der Waals surface area contributed by atoms with E-state index in [-0.39, 0.29) is 0 Å². The zero-order valence-electron chi connectivity index (χ0n) is 10.7. The number of rotatable bonds is 2. The van der Waals surface area contributed by atoms with E-state index in [1.807, 2.05) is 0 Å². The summed E-state index contributed by atoms with van der Waals surface area (Å²) in [6.07, 6.45) is 9.16. The van der Waals surface area contributed by atoms with Gasteiger partial charge in [0.05, 0.1) is 6.04 Å². The van der Waals surface area contributed by atoms with Crippen LogP contribution < -0.4 is 5.32 Å². The fraction of sp³-hybridized carbons (Fsp3) is 0.846. The lowest BCUT2D eigenvalue weighted by Crippen LogP contribution is -2.30. The number of piperidine rings is 1. The number of hydrogen-bond donors (Lipinski definition) is 1. The van der Waals surface area contributed by atoms with Gasteiger partial charge in [-0.25, -0.2) is 0 Å². The molecule has 0 aromatic carbocycles. The van der Waals surface area contributed by atoms with Gasteiger partial charge in [-0.1, -0.05) is 19.3 Å². The molecule has 94 valence electrons. The average molecular weight is 234 g/mol. The number of nitrogens with zero attached hydrogens (tertiary/aromatic N) is 3. The lowest BCUT2D eigenvalue weighted by molar-refractivity contribution is 0.368. The molecule has 0 spiro atoms. The highest BCUT2D eigenvalue weighted by molar-refractivity contribution is 5.04. The Bertz CT molecular complexity index is 373. The Morgan fingerprint density at radius 3 is 2.53 bits per heavy atom. The second-order valence-electron chi connectivity index (χ2n) is 5.42. The molecule has 4 heteroatoms. The molecule has 1 saturated carbocycles. The summed E-state index contributed by atoms with van der Waals surface area (Å²) >= 11 is 0. The lowest BCUT2D eigenvalue weighted by atomic mass is 10.0. The van der Waals surface area contributed by atoms with Crippen LogP contribution >= 0.6 is 0 Å². The first-order chi connectivity index (χ1) is 8.36. The SMILES string of the molecule is Cc1nnc([C@@H]2CCCCN2)n1C1CCCC1. The van der Waals surface area contributed by atoms with Gasteiger partial charge in [0.25, 0.3) is 0 Å². The molecule has 1 aromatic rings. The van der Waals surface area contributed by atoms with Crippen molar-refractivity contribution in [2.45, 2.75) is 64.0 Å². The van der Waals surface area contributed by atoms with Gasteiger partial charge in [0.1, 0.15) is 11.6 Å². The van der Waals surface area contributed by atoms with Crippen molar-refractivity contribution in [1.29, 1.82) is 0 Å². The van der Waals surface area contributed by atoms with Crippen LogP contribution in [-0.4, -0.2) is 21.3 Å². The molecule has 2 fully saturated rings. The molecule has 0 amide bonds. The topological polar surface area (TPSA) is 42.7 Å². The van der Waals surface area contributed by atoms with E-state index in [9.17, 15) is 0 Å². The van der Waals surface area contributed by atoms with Crippen LogP contribution in [0.15, 0.2) is 0 Å². The molecule has 2 aliphatic rings. The van der Waals surface area contributed by atoms with Crippen molar-refractivity contribution >= 4 is 0 Å². The Hall–Kier alpha value is -0.900. The lowest BCUT2D eigenvalue weighted by Gasteiger charge is -2.25. The maximum atomic E-state index is 4.43. The second kappa shape index (κ2) is 4.77. The predicted octanol–water partition coefficient (Wildman–Crippen LogP) is 2.52. The monoisotopic (exact) mass is 234 g/mol. The van der Waals surface area contributed by atoms with E-state index in [1.54, 1.807) is 0 Å². The van der Waals surface area contributed by atoms with Crippen molar-refractivity contribution in [3.05, 3.63) is 11.6 Å². The molecule has 1 saturated heterocycles. The van der Waals surface area contributed by atoms with E-state index in [4.69, 9.17) is 0 Å². The molecule has 2 heterocycles. The van der Waals surface area contributed by atoms with Crippen LogP contribution in [0.4, 0.5) is 0 Å². The highest BCUT2D eigenvalue weighted by Gasteiger charge is 2.27. The smallest absolute Gasteiger partial charge is 0.150 e. The highest BCUT2D eigenvalue weighted by Crippen LogP contribution is 2.33. The summed E-state index contributed by atoms with van der Waals surface area (Å²) < 4.78 is 2.41. The van der Waals surface area contributed by atoms with Crippen LogP contribution in [0.5, 0.6) is 0 Å².